The van der Waals surface area contributed by atoms with E-state index in [9.17, 15) is 14.9 Å². The normalized spacial score (nSPS) is 26.8. The first-order valence-corrected chi connectivity index (χ1v) is 8.04. The predicted molar refractivity (Wildman–Crippen MR) is 84.8 cm³/mol. The van der Waals surface area contributed by atoms with Crippen molar-refractivity contribution in [1.82, 2.24) is 0 Å². The number of esters is 1. The lowest BCUT2D eigenvalue weighted by Gasteiger charge is -2.25. The van der Waals surface area contributed by atoms with Crippen molar-refractivity contribution in [3.63, 3.8) is 0 Å². The van der Waals surface area contributed by atoms with Crippen LogP contribution in [0.3, 0.4) is 0 Å². The van der Waals surface area contributed by atoms with Crippen LogP contribution in [-0.2, 0) is 9.53 Å². The molecule has 22 heavy (non-hydrogen) atoms. The topological polar surface area (TPSA) is 72.7 Å². The summed E-state index contributed by atoms with van der Waals surface area (Å²) in [5.74, 6) is 0.0282. The number of rotatable bonds is 3. The number of nitrogens with zero attached hydrogens (tertiary/aromatic N) is 2. The Balaban J connectivity index is 1.96. The molecule has 1 aromatic carbocycles. The van der Waals surface area contributed by atoms with Crippen LogP contribution >= 0.6 is 15.9 Å². The summed E-state index contributed by atoms with van der Waals surface area (Å²) in [6.07, 6.45) is 2.77. The van der Waals surface area contributed by atoms with E-state index in [0.717, 1.165) is 19.3 Å². The van der Waals surface area contributed by atoms with Crippen LogP contribution in [0, 0.1) is 21.4 Å². The molecule has 1 aromatic rings. The van der Waals surface area contributed by atoms with Gasteiger partial charge < -0.3 is 9.64 Å². The summed E-state index contributed by atoms with van der Waals surface area (Å²) in [7, 11) is 1.41. The van der Waals surface area contributed by atoms with E-state index in [4.69, 9.17) is 4.74 Å². The molecule has 1 saturated carbocycles. The molecule has 0 aromatic heterocycles. The van der Waals surface area contributed by atoms with Gasteiger partial charge in [0.1, 0.15) is 5.69 Å². The number of halogens is 1. The molecule has 1 aliphatic carbocycles. The Morgan fingerprint density at radius 1 is 1.55 bits per heavy atom. The van der Waals surface area contributed by atoms with Crippen molar-refractivity contribution < 1.29 is 14.5 Å². The molecule has 0 bridgehead atoms. The molecule has 2 atom stereocenters. The first kappa shape index (κ1) is 15.3. The van der Waals surface area contributed by atoms with E-state index >= 15 is 0 Å². The maximum Gasteiger partial charge on any atom is 0.313 e. The fraction of sp³-hybridized carbons (Fsp3) is 0.533. The Bertz CT molecular complexity index is 636. The van der Waals surface area contributed by atoms with Crippen molar-refractivity contribution in [3.8, 4) is 0 Å². The second kappa shape index (κ2) is 5.53. The zero-order chi connectivity index (χ0) is 15.9. The largest absolute Gasteiger partial charge is 0.469 e. The fourth-order valence-electron chi connectivity index (χ4n) is 3.92. The van der Waals surface area contributed by atoms with Gasteiger partial charge >= 0.3 is 5.97 Å². The minimum absolute atomic E-state index is 0.0642. The minimum Gasteiger partial charge on any atom is -0.469 e. The number of nitro benzene ring substituents is 1. The van der Waals surface area contributed by atoms with Gasteiger partial charge in [-0.1, -0.05) is 22.4 Å². The van der Waals surface area contributed by atoms with Gasteiger partial charge in [-0.2, -0.15) is 0 Å². The van der Waals surface area contributed by atoms with E-state index in [2.05, 4.69) is 15.9 Å². The average molecular weight is 369 g/mol. The first-order valence-electron chi connectivity index (χ1n) is 7.25. The second-order valence-electron chi connectivity index (χ2n) is 6.01. The van der Waals surface area contributed by atoms with E-state index in [-0.39, 0.29) is 22.5 Å². The van der Waals surface area contributed by atoms with Gasteiger partial charge in [0.25, 0.3) is 5.69 Å². The zero-order valence-corrected chi connectivity index (χ0v) is 13.8. The van der Waals surface area contributed by atoms with Gasteiger partial charge in [-0.05, 0) is 30.9 Å². The van der Waals surface area contributed by atoms with Gasteiger partial charge in [-0.3, -0.25) is 14.9 Å². The average Bonchev–Trinajstić information content (AvgIpc) is 3.04. The van der Waals surface area contributed by atoms with Crippen LogP contribution in [0.5, 0.6) is 0 Å². The van der Waals surface area contributed by atoms with Crippen LogP contribution < -0.4 is 4.90 Å². The summed E-state index contributed by atoms with van der Waals surface area (Å²) in [4.78, 5) is 25.2. The number of anilines is 1. The van der Waals surface area contributed by atoms with Crippen LogP contribution in [-0.4, -0.2) is 31.1 Å². The van der Waals surface area contributed by atoms with Gasteiger partial charge in [-0.15, -0.1) is 0 Å². The lowest BCUT2D eigenvalue weighted by atomic mass is 9.81. The molecule has 3 rings (SSSR count). The predicted octanol–water partition coefficient (Wildman–Crippen LogP) is 3.14. The smallest absolute Gasteiger partial charge is 0.313 e. The van der Waals surface area contributed by atoms with Crippen LogP contribution in [0.4, 0.5) is 11.4 Å². The number of methoxy groups -OCH3 is 1. The van der Waals surface area contributed by atoms with Gasteiger partial charge in [-0.25, -0.2) is 0 Å². The molecule has 0 radical (unpaired) electrons. The maximum absolute atomic E-state index is 12.3. The number of ether oxygens (including phenoxy) is 1. The van der Waals surface area contributed by atoms with Crippen LogP contribution in [0.1, 0.15) is 19.3 Å². The number of fused-ring (bicyclic) bond motifs is 1. The van der Waals surface area contributed by atoms with E-state index < -0.39 is 5.41 Å². The van der Waals surface area contributed by atoms with Gasteiger partial charge in [0.15, 0.2) is 0 Å². The molecular weight excluding hydrogens is 352 g/mol. The molecule has 118 valence electrons. The molecule has 2 unspecified atom stereocenters. The molecular formula is C15H17BrN2O4. The quantitative estimate of drug-likeness (QED) is 0.465. The number of carbonyl (C=O) groups is 1. The zero-order valence-electron chi connectivity index (χ0n) is 12.3. The summed E-state index contributed by atoms with van der Waals surface area (Å²) in [5, 5.41) is 11.3. The highest BCUT2D eigenvalue weighted by molar-refractivity contribution is 9.10. The van der Waals surface area contributed by atoms with Crippen LogP contribution in [0.25, 0.3) is 0 Å². The minimum atomic E-state index is -0.504. The Kier molecular flexibility index (Phi) is 3.84. The number of benzene rings is 1. The van der Waals surface area contributed by atoms with E-state index in [0.29, 0.717) is 23.2 Å². The molecule has 7 heteroatoms. The molecule has 0 N–H and O–H groups in total. The lowest BCUT2D eigenvalue weighted by Crippen LogP contribution is -2.37. The van der Waals surface area contributed by atoms with Crippen molar-refractivity contribution in [2.24, 2.45) is 11.3 Å². The second-order valence-corrected chi connectivity index (χ2v) is 6.92. The third-order valence-electron chi connectivity index (χ3n) is 4.94. The summed E-state index contributed by atoms with van der Waals surface area (Å²) in [6.45, 7) is 1.16. The van der Waals surface area contributed by atoms with Crippen molar-refractivity contribution in [3.05, 3.63) is 32.8 Å². The molecule has 6 nitrogen and oxygen atoms in total. The Morgan fingerprint density at radius 2 is 2.32 bits per heavy atom. The summed E-state index contributed by atoms with van der Waals surface area (Å²) >= 11 is 3.27. The highest BCUT2D eigenvalue weighted by Crippen LogP contribution is 2.51. The number of nitro groups is 1. The lowest BCUT2D eigenvalue weighted by molar-refractivity contribution is -0.384. The monoisotopic (exact) mass is 368 g/mol. The maximum atomic E-state index is 12.3. The van der Waals surface area contributed by atoms with Crippen molar-refractivity contribution >= 4 is 33.3 Å². The van der Waals surface area contributed by atoms with E-state index in [1.165, 1.54) is 13.2 Å². The number of hydrogen-bond acceptors (Lipinski definition) is 5. The van der Waals surface area contributed by atoms with Crippen molar-refractivity contribution in [1.29, 1.82) is 0 Å². The van der Waals surface area contributed by atoms with Crippen molar-refractivity contribution in [2.75, 3.05) is 25.1 Å². The van der Waals surface area contributed by atoms with Gasteiger partial charge in [0.05, 0.1) is 17.4 Å². The first-order chi connectivity index (χ1) is 10.5. The Labute approximate surface area is 136 Å². The van der Waals surface area contributed by atoms with Gasteiger partial charge in [0, 0.05) is 23.6 Å². The van der Waals surface area contributed by atoms with Crippen LogP contribution in [0.15, 0.2) is 22.7 Å². The highest BCUT2D eigenvalue weighted by atomic mass is 79.9. The van der Waals surface area contributed by atoms with Crippen molar-refractivity contribution in [2.45, 2.75) is 19.3 Å². The van der Waals surface area contributed by atoms with E-state index in [1.54, 1.807) is 12.1 Å². The van der Waals surface area contributed by atoms with Crippen LogP contribution in [0.2, 0.25) is 0 Å². The molecule has 1 aliphatic heterocycles. The SMILES string of the molecule is COC(=O)C12CCCC1CN(c1ccc(Br)cc1[N+](=O)[O-])C2. The van der Waals surface area contributed by atoms with E-state index in [1.807, 2.05) is 4.90 Å². The Hall–Kier alpha value is -1.63. The molecule has 0 spiro atoms. The standard InChI is InChI=1S/C15H17BrN2O4/c1-22-14(19)15-6-2-3-10(15)8-17(9-15)12-5-4-11(16)7-13(12)18(20)21/h4-5,7,10H,2-3,6,8-9H2,1H3. The summed E-state index contributed by atoms with van der Waals surface area (Å²) in [6, 6.07) is 5.05. The molecule has 2 fully saturated rings. The molecule has 0 amide bonds. The van der Waals surface area contributed by atoms with Gasteiger partial charge in [0.2, 0.25) is 0 Å². The highest BCUT2D eigenvalue weighted by Gasteiger charge is 2.56. The third kappa shape index (κ3) is 2.27. The molecule has 1 heterocycles. The number of hydrogen-bond donors (Lipinski definition) is 0. The molecule has 1 saturated heterocycles. The Morgan fingerprint density at radius 3 is 3.00 bits per heavy atom. The molecule has 2 aliphatic rings. The summed E-state index contributed by atoms with van der Waals surface area (Å²) in [5.41, 5.74) is 0.135. The number of carbonyl (C=O) groups excluding carboxylic acids is 1. The fourth-order valence-corrected chi connectivity index (χ4v) is 4.27. The summed E-state index contributed by atoms with van der Waals surface area (Å²) < 4.78 is 5.68. The third-order valence-corrected chi connectivity index (χ3v) is 5.43.